The van der Waals surface area contributed by atoms with E-state index in [1.54, 1.807) is 0 Å². The molecule has 0 aliphatic rings. The minimum absolute atomic E-state index is 0. The van der Waals surface area contributed by atoms with E-state index in [1.807, 2.05) is 0 Å². The van der Waals surface area contributed by atoms with Crippen molar-refractivity contribution >= 4 is 54.1 Å². The van der Waals surface area contributed by atoms with Gasteiger partial charge in [0.1, 0.15) is 0 Å². The molecule has 78 heavy (non-hydrogen) atoms. The molecule has 12 aromatic rings. The van der Waals surface area contributed by atoms with Crippen LogP contribution in [0.4, 0.5) is 0 Å². The normalized spacial score (nSPS) is 10.2. The molecule has 0 aliphatic heterocycles. The molecule has 6 heteroatoms. The minimum atomic E-state index is 0. The molecule has 392 valence electrons. The van der Waals surface area contributed by atoms with E-state index in [0.29, 0.717) is 0 Å². The van der Waals surface area contributed by atoms with Crippen molar-refractivity contribution in [3.8, 4) is 44.5 Å². The number of fused-ring (bicyclic) bond motifs is 4. The maximum Gasteiger partial charge on any atom is -1.00 e. The maximum absolute atomic E-state index is 2.33. The summed E-state index contributed by atoms with van der Waals surface area (Å²) in [5, 5.41) is 10.9. The molecule has 0 unspecified atom stereocenters. The summed E-state index contributed by atoms with van der Waals surface area (Å²) < 4.78 is 0. The Morgan fingerprint density at radius 3 is 0.628 bits per heavy atom. The fourth-order valence-electron chi connectivity index (χ4n) is 9.48. The van der Waals surface area contributed by atoms with Crippen LogP contribution in [-0.2, 0) is 71.7 Å². The largest absolute Gasteiger partial charge is 1.00 e. The zero-order valence-electron chi connectivity index (χ0n) is 46.7. The third-order valence-corrected chi connectivity index (χ3v) is 13.2. The number of benzene rings is 8. The molecule has 0 bridgehead atoms. The molecule has 12 aromatic carbocycles. The second-order valence-corrected chi connectivity index (χ2v) is 45.1. The number of halogens is 2. The minimum Gasteiger partial charge on any atom is -1.00 e. The van der Waals surface area contributed by atoms with Crippen LogP contribution in [0, 0.1) is 0 Å². The Morgan fingerprint density at radius 2 is 0.462 bits per heavy atom. The molecule has 0 aliphatic carbocycles. The van der Waals surface area contributed by atoms with Crippen LogP contribution in [-0.4, -0.2) is 11.0 Å². The SMILES string of the molecule is CCc1cc2c(-c3ccccc3)cccc2[cH-]1.CCc1cc2c(-c3ccccc3)cccc2[cH-]1.CCc1cc2c(-c3ccccc3)cccc2[cH-]1.CCc1cc2c(-c3ccccc3)cccc2[cH-]1.C[Si](C)=[Hf+2].C[Si](C)=[Hf+2].[Cl-].[Cl-]. The molecular formula is C72H72Cl2Hf2Si2-2. The van der Waals surface area contributed by atoms with Crippen LogP contribution in [0.25, 0.3) is 87.6 Å². The van der Waals surface area contributed by atoms with Crippen LogP contribution in [0.5, 0.6) is 0 Å². The first-order valence-corrected chi connectivity index (χ1v) is 42.8. The molecule has 0 amide bonds. The van der Waals surface area contributed by atoms with Gasteiger partial charge in [-0.05, 0) is 47.9 Å². The van der Waals surface area contributed by atoms with Crippen molar-refractivity contribution in [2.24, 2.45) is 0 Å². The summed E-state index contributed by atoms with van der Waals surface area (Å²) in [5.74, 6) is 0. The van der Waals surface area contributed by atoms with Crippen LogP contribution in [0.2, 0.25) is 26.2 Å². The smallest absolute Gasteiger partial charge is 1.00 e. The van der Waals surface area contributed by atoms with Gasteiger partial charge in [0, 0.05) is 0 Å². The van der Waals surface area contributed by atoms with E-state index in [-0.39, 0.29) is 35.8 Å². The van der Waals surface area contributed by atoms with Crippen LogP contribution < -0.4 is 24.8 Å². The van der Waals surface area contributed by atoms with Crippen molar-refractivity contribution in [2.45, 2.75) is 79.6 Å². The number of hydrogen-bond acceptors (Lipinski definition) is 0. The summed E-state index contributed by atoms with van der Waals surface area (Å²) >= 11 is 2.90. The topological polar surface area (TPSA) is 0 Å². The van der Waals surface area contributed by atoms with Gasteiger partial charge in [-0.2, -0.15) is 24.3 Å². The summed E-state index contributed by atoms with van der Waals surface area (Å²) in [5.41, 5.74) is 16.7. The van der Waals surface area contributed by atoms with Crippen LogP contribution in [0.15, 0.2) is 243 Å². The molecule has 12 rings (SSSR count). The molecule has 0 aromatic heterocycles. The van der Waals surface area contributed by atoms with Gasteiger partial charge in [0.25, 0.3) is 0 Å². The standard InChI is InChI=1S/4C17H15.2C2H6Si.2ClH.2Hf/c4*1-2-13-11-15-9-6-10-16(17(15)12-13)14-7-4-3-5-8-14;2*1-3-2;;;;/h4*3-12H,2H2,1H3;2*1-2H3;2*1H;;/q4*-1;;;;;2*+2/p-2. The first kappa shape index (κ1) is 63.8. The number of aryl methyl sites for hydroxylation is 4. The van der Waals surface area contributed by atoms with Crippen LogP contribution in [0.1, 0.15) is 49.9 Å². The first-order chi connectivity index (χ1) is 37.0. The van der Waals surface area contributed by atoms with E-state index in [9.17, 15) is 0 Å². The van der Waals surface area contributed by atoms with Crippen molar-refractivity contribution < 1.29 is 70.8 Å². The molecule has 0 saturated heterocycles. The fraction of sp³-hybridized carbons (Fsp3) is 0.167. The second-order valence-electron chi connectivity index (χ2n) is 19.6. The Bertz CT molecular complexity index is 3220. The van der Waals surface area contributed by atoms with Crippen molar-refractivity contribution in [2.75, 3.05) is 0 Å². The van der Waals surface area contributed by atoms with Gasteiger partial charge < -0.3 is 24.8 Å². The Labute approximate surface area is 508 Å². The third kappa shape index (κ3) is 18.0. The van der Waals surface area contributed by atoms with Gasteiger partial charge in [-0.25, -0.2) is 0 Å². The summed E-state index contributed by atoms with van der Waals surface area (Å²) in [4.78, 5) is 0. The van der Waals surface area contributed by atoms with Crippen LogP contribution >= 0.6 is 0 Å². The number of hydrogen-bond donors (Lipinski definition) is 0. The van der Waals surface area contributed by atoms with Gasteiger partial charge in [0.05, 0.1) is 0 Å². The zero-order chi connectivity index (χ0) is 53.8. The first-order valence-electron chi connectivity index (χ1n) is 27.0. The van der Waals surface area contributed by atoms with E-state index in [0.717, 1.165) is 25.7 Å². The average molecular weight is 1420 g/mol. The maximum atomic E-state index is 2.33. The molecular weight excluding hydrogens is 1350 g/mol. The molecule has 0 atom stereocenters. The fourth-order valence-corrected chi connectivity index (χ4v) is 9.48. The van der Waals surface area contributed by atoms with E-state index < -0.39 is 0 Å². The molecule has 0 fully saturated rings. The Morgan fingerprint density at radius 1 is 0.282 bits per heavy atom. The number of rotatable bonds is 8. The van der Waals surface area contributed by atoms with Gasteiger partial charge in [-0.15, -0.1) is 138 Å². The van der Waals surface area contributed by atoms with Gasteiger partial charge in [0.15, 0.2) is 0 Å². The monoisotopic (exact) mass is 1420 g/mol. The van der Waals surface area contributed by atoms with Gasteiger partial charge in [-0.1, -0.05) is 196 Å². The van der Waals surface area contributed by atoms with Crippen molar-refractivity contribution in [1.82, 2.24) is 0 Å². The molecule has 0 spiro atoms. The van der Waals surface area contributed by atoms with Crippen LogP contribution in [0.3, 0.4) is 0 Å². The predicted octanol–water partition coefficient (Wildman–Crippen LogP) is 14.7. The van der Waals surface area contributed by atoms with E-state index in [2.05, 4.69) is 297 Å². The van der Waals surface area contributed by atoms with Gasteiger partial charge in [-0.3, -0.25) is 0 Å². The molecule has 0 heterocycles. The van der Waals surface area contributed by atoms with E-state index >= 15 is 0 Å². The summed E-state index contributed by atoms with van der Waals surface area (Å²) in [6.45, 7) is 18.1. The van der Waals surface area contributed by atoms with Crippen molar-refractivity contribution in [3.63, 3.8) is 0 Å². The zero-order valence-corrected chi connectivity index (χ0v) is 57.4. The summed E-state index contributed by atoms with van der Waals surface area (Å²) in [6, 6.07) is 87.0. The second kappa shape index (κ2) is 32.9. The molecule has 0 radical (unpaired) electrons. The predicted molar refractivity (Wildman–Crippen MR) is 332 cm³/mol. The summed E-state index contributed by atoms with van der Waals surface area (Å²) in [6.07, 6.45) is 4.40. The quantitative estimate of drug-likeness (QED) is 0.105. The molecule has 0 nitrogen and oxygen atoms in total. The molecule has 0 N–H and O–H groups in total. The Hall–Kier alpha value is -5.05. The Kier molecular flexibility index (Phi) is 26.9. The van der Waals surface area contributed by atoms with Gasteiger partial charge >= 0.3 is 83.2 Å². The van der Waals surface area contributed by atoms with Gasteiger partial charge in [0.2, 0.25) is 0 Å². The van der Waals surface area contributed by atoms with Crippen molar-refractivity contribution in [1.29, 1.82) is 0 Å². The molecule has 0 saturated carbocycles. The summed E-state index contributed by atoms with van der Waals surface area (Å²) in [7, 11) is 0. The van der Waals surface area contributed by atoms with E-state index in [1.165, 1.54) is 156 Å². The third-order valence-electron chi connectivity index (χ3n) is 13.2. The van der Waals surface area contributed by atoms with Crippen molar-refractivity contribution in [3.05, 3.63) is 265 Å². The van der Waals surface area contributed by atoms with E-state index in [4.69, 9.17) is 0 Å². The Balaban J connectivity index is 0.000000181. The average Bonchev–Trinajstić information content (AvgIpc) is 4.29.